The van der Waals surface area contributed by atoms with Crippen LogP contribution < -0.4 is 0 Å². The Morgan fingerprint density at radius 3 is 2.64 bits per heavy atom. The Morgan fingerprint density at radius 1 is 1.45 bits per heavy atom. The molecule has 0 saturated heterocycles. The molecular weight excluding hydrogens is 160 g/mol. The van der Waals surface area contributed by atoms with Gasteiger partial charge < -0.3 is 4.90 Å². The number of rotatable bonds is 2. The van der Waals surface area contributed by atoms with Crippen molar-refractivity contribution in [3.8, 4) is 0 Å². The van der Waals surface area contributed by atoms with Gasteiger partial charge in [-0.25, -0.2) is 4.99 Å². The third kappa shape index (κ3) is 2.63. The van der Waals surface area contributed by atoms with E-state index < -0.39 is 0 Å². The number of aromatic nitrogens is 2. The van der Waals surface area contributed by atoms with Gasteiger partial charge in [-0.1, -0.05) is 11.3 Å². The standard InChI is InChI=1S/C6H10N4S/c1-5-8-9-6(11-5)7-4-10(2)3/h4H,1-3H3/b7-4+. The minimum atomic E-state index is 0.705. The van der Waals surface area contributed by atoms with Crippen molar-refractivity contribution in [2.75, 3.05) is 14.1 Å². The Labute approximate surface area is 69.6 Å². The van der Waals surface area contributed by atoms with Crippen LogP contribution in [0.2, 0.25) is 0 Å². The molecule has 5 heteroatoms. The van der Waals surface area contributed by atoms with E-state index in [9.17, 15) is 0 Å². The predicted octanol–water partition coefficient (Wildman–Crippen LogP) is 1.07. The summed E-state index contributed by atoms with van der Waals surface area (Å²) in [6.45, 7) is 1.91. The van der Waals surface area contributed by atoms with E-state index in [1.807, 2.05) is 25.9 Å². The Balaban J connectivity index is 2.64. The maximum Gasteiger partial charge on any atom is 0.233 e. The van der Waals surface area contributed by atoms with Crippen LogP contribution in [0.15, 0.2) is 4.99 Å². The van der Waals surface area contributed by atoms with Gasteiger partial charge in [-0.3, -0.25) is 0 Å². The van der Waals surface area contributed by atoms with Crippen LogP contribution in [0.25, 0.3) is 0 Å². The van der Waals surface area contributed by atoms with Gasteiger partial charge in [-0.05, 0) is 6.92 Å². The van der Waals surface area contributed by atoms with Crippen molar-refractivity contribution in [2.45, 2.75) is 6.92 Å². The summed E-state index contributed by atoms with van der Waals surface area (Å²) in [6, 6.07) is 0. The van der Waals surface area contributed by atoms with E-state index in [-0.39, 0.29) is 0 Å². The Kier molecular flexibility index (Phi) is 2.53. The van der Waals surface area contributed by atoms with Crippen LogP contribution in [0.5, 0.6) is 0 Å². The van der Waals surface area contributed by atoms with E-state index >= 15 is 0 Å². The van der Waals surface area contributed by atoms with Crippen molar-refractivity contribution in [3.63, 3.8) is 0 Å². The van der Waals surface area contributed by atoms with Crippen LogP contribution in [0, 0.1) is 6.92 Å². The quantitative estimate of drug-likeness (QED) is 0.492. The molecule has 0 aromatic carbocycles. The summed E-state index contributed by atoms with van der Waals surface area (Å²) < 4.78 is 0. The number of aliphatic imine (C=N–C) groups is 1. The van der Waals surface area contributed by atoms with Crippen molar-refractivity contribution in [1.82, 2.24) is 15.1 Å². The second-order valence-corrected chi connectivity index (χ2v) is 3.47. The zero-order chi connectivity index (χ0) is 8.27. The number of hydrogen-bond acceptors (Lipinski definition) is 4. The fourth-order valence-corrected chi connectivity index (χ4v) is 1.03. The van der Waals surface area contributed by atoms with Gasteiger partial charge in [0.2, 0.25) is 5.13 Å². The third-order valence-corrected chi connectivity index (χ3v) is 1.66. The number of nitrogens with zero attached hydrogens (tertiary/aromatic N) is 4. The lowest BCUT2D eigenvalue weighted by Crippen LogP contribution is -2.06. The molecular formula is C6H10N4S. The molecule has 0 aliphatic carbocycles. The molecule has 0 aliphatic rings. The van der Waals surface area contributed by atoms with E-state index in [0.29, 0.717) is 5.13 Å². The average molecular weight is 170 g/mol. The van der Waals surface area contributed by atoms with Gasteiger partial charge in [-0.2, -0.15) is 0 Å². The highest BCUT2D eigenvalue weighted by molar-refractivity contribution is 7.14. The molecule has 1 heterocycles. The van der Waals surface area contributed by atoms with Gasteiger partial charge in [0.05, 0.1) is 6.34 Å². The second kappa shape index (κ2) is 3.43. The topological polar surface area (TPSA) is 41.4 Å². The monoisotopic (exact) mass is 170 g/mol. The minimum absolute atomic E-state index is 0.705. The molecule has 1 rings (SSSR count). The largest absolute Gasteiger partial charge is 0.369 e. The molecule has 0 aliphatic heterocycles. The number of hydrogen-bond donors (Lipinski definition) is 0. The van der Waals surface area contributed by atoms with Gasteiger partial charge in [0.1, 0.15) is 5.01 Å². The molecule has 11 heavy (non-hydrogen) atoms. The van der Waals surface area contributed by atoms with E-state index in [4.69, 9.17) is 0 Å². The van der Waals surface area contributed by atoms with E-state index in [1.54, 1.807) is 6.34 Å². The molecule has 0 atom stereocenters. The molecule has 0 bridgehead atoms. The van der Waals surface area contributed by atoms with Gasteiger partial charge in [0, 0.05) is 14.1 Å². The molecule has 0 N–H and O–H groups in total. The highest BCUT2D eigenvalue weighted by Gasteiger charge is 1.94. The van der Waals surface area contributed by atoms with Crippen molar-refractivity contribution >= 4 is 22.8 Å². The van der Waals surface area contributed by atoms with Crippen molar-refractivity contribution < 1.29 is 0 Å². The molecule has 1 aromatic rings. The Morgan fingerprint density at radius 2 is 2.18 bits per heavy atom. The van der Waals surface area contributed by atoms with Crippen molar-refractivity contribution in [1.29, 1.82) is 0 Å². The summed E-state index contributed by atoms with van der Waals surface area (Å²) in [6.07, 6.45) is 1.71. The molecule has 0 saturated carbocycles. The van der Waals surface area contributed by atoms with Crippen molar-refractivity contribution in [2.24, 2.45) is 4.99 Å². The lowest BCUT2D eigenvalue weighted by molar-refractivity contribution is 0.643. The van der Waals surface area contributed by atoms with Gasteiger partial charge in [-0.15, -0.1) is 10.2 Å². The van der Waals surface area contributed by atoms with E-state index in [1.165, 1.54) is 11.3 Å². The lowest BCUT2D eigenvalue weighted by Gasteiger charge is -1.99. The lowest BCUT2D eigenvalue weighted by atomic mass is 10.9. The van der Waals surface area contributed by atoms with Crippen LogP contribution in [0.1, 0.15) is 5.01 Å². The van der Waals surface area contributed by atoms with Gasteiger partial charge in [0.25, 0.3) is 0 Å². The summed E-state index contributed by atoms with van der Waals surface area (Å²) in [5, 5.41) is 9.31. The Bertz CT molecular complexity index is 253. The first-order valence-electron chi connectivity index (χ1n) is 3.19. The summed E-state index contributed by atoms with van der Waals surface area (Å²) in [4.78, 5) is 5.93. The number of aryl methyl sites for hydroxylation is 1. The third-order valence-electron chi connectivity index (χ3n) is 0.914. The van der Waals surface area contributed by atoms with Gasteiger partial charge >= 0.3 is 0 Å². The smallest absolute Gasteiger partial charge is 0.233 e. The van der Waals surface area contributed by atoms with Crippen LogP contribution >= 0.6 is 11.3 Å². The van der Waals surface area contributed by atoms with Crippen LogP contribution in [-0.2, 0) is 0 Å². The van der Waals surface area contributed by atoms with E-state index in [0.717, 1.165) is 5.01 Å². The van der Waals surface area contributed by atoms with Crippen LogP contribution in [0.4, 0.5) is 5.13 Å². The molecule has 4 nitrogen and oxygen atoms in total. The van der Waals surface area contributed by atoms with E-state index in [2.05, 4.69) is 15.2 Å². The molecule has 0 fully saturated rings. The highest BCUT2D eigenvalue weighted by atomic mass is 32.1. The first kappa shape index (κ1) is 8.13. The second-order valence-electron chi connectivity index (χ2n) is 2.31. The molecule has 0 unspecified atom stereocenters. The molecule has 0 radical (unpaired) electrons. The van der Waals surface area contributed by atoms with Crippen LogP contribution in [0.3, 0.4) is 0 Å². The summed E-state index contributed by atoms with van der Waals surface area (Å²) >= 11 is 1.48. The molecule has 60 valence electrons. The molecule has 0 amide bonds. The van der Waals surface area contributed by atoms with Gasteiger partial charge in [0.15, 0.2) is 0 Å². The first-order chi connectivity index (χ1) is 5.18. The zero-order valence-electron chi connectivity index (χ0n) is 6.77. The maximum atomic E-state index is 4.07. The summed E-state index contributed by atoms with van der Waals surface area (Å²) in [5.41, 5.74) is 0. The fraction of sp³-hybridized carbons (Fsp3) is 0.500. The minimum Gasteiger partial charge on any atom is -0.369 e. The zero-order valence-corrected chi connectivity index (χ0v) is 7.59. The SMILES string of the molecule is Cc1nnc(/N=C/N(C)C)s1. The average Bonchev–Trinajstić information content (AvgIpc) is 2.31. The predicted molar refractivity (Wildman–Crippen MR) is 46.5 cm³/mol. The highest BCUT2D eigenvalue weighted by Crippen LogP contribution is 2.16. The summed E-state index contributed by atoms with van der Waals surface area (Å²) in [7, 11) is 3.83. The van der Waals surface area contributed by atoms with Crippen LogP contribution in [-0.4, -0.2) is 35.5 Å². The normalized spacial score (nSPS) is 10.8. The maximum absolute atomic E-state index is 4.07. The molecule has 0 spiro atoms. The van der Waals surface area contributed by atoms with Crippen molar-refractivity contribution in [3.05, 3.63) is 5.01 Å². The summed E-state index contributed by atoms with van der Waals surface area (Å²) in [5.74, 6) is 0. The first-order valence-corrected chi connectivity index (χ1v) is 4.01. The Hall–Kier alpha value is -0.970. The molecule has 1 aromatic heterocycles. The fourth-order valence-electron chi connectivity index (χ4n) is 0.503.